The molecule has 1 spiro atoms. The predicted molar refractivity (Wildman–Crippen MR) is 113 cm³/mol. The largest absolute Gasteiger partial charge is 0.483 e. The van der Waals surface area contributed by atoms with E-state index in [1.54, 1.807) is 0 Å². The van der Waals surface area contributed by atoms with Gasteiger partial charge in [0.15, 0.2) is 0 Å². The van der Waals surface area contributed by atoms with Crippen LogP contribution in [0.3, 0.4) is 0 Å². The molecule has 1 saturated heterocycles. The average molecular weight is 417 g/mol. The molecule has 4 aliphatic rings. The smallest absolute Gasteiger partial charge is 0.303 e. The van der Waals surface area contributed by atoms with Crippen molar-refractivity contribution in [1.82, 2.24) is 4.90 Å². The highest BCUT2D eigenvalue weighted by Gasteiger charge is 2.66. The number of esters is 1. The van der Waals surface area contributed by atoms with E-state index in [2.05, 4.69) is 36.0 Å². The number of likely N-dealkylation sites (N-methyl/N-ethyl adjacent to an activating group) is 1. The third-order valence-electron chi connectivity index (χ3n) is 7.49. The van der Waals surface area contributed by atoms with Crippen molar-refractivity contribution in [3.05, 3.63) is 23.3 Å². The van der Waals surface area contributed by atoms with Gasteiger partial charge in [-0.05, 0) is 62.6 Å². The second-order valence-corrected chi connectivity index (χ2v) is 9.36. The number of carbonyl (C=O) groups is 2. The van der Waals surface area contributed by atoms with Crippen LogP contribution in [0.15, 0.2) is 12.1 Å². The summed E-state index contributed by atoms with van der Waals surface area (Å²) in [5.74, 6) is 1.47. The van der Waals surface area contributed by atoms with Gasteiger partial charge in [0.05, 0.1) is 5.69 Å². The number of hydrogen-bond donors (Lipinski definition) is 2. The van der Waals surface area contributed by atoms with E-state index in [4.69, 9.17) is 9.47 Å². The van der Waals surface area contributed by atoms with Gasteiger partial charge in [-0.2, -0.15) is 12.6 Å². The minimum atomic E-state index is -0.257. The molecule has 2 aliphatic carbocycles. The number of anilines is 1. The average Bonchev–Trinajstić information content (AvgIpc) is 3.02. The molecule has 2 heterocycles. The van der Waals surface area contributed by atoms with Gasteiger partial charge in [-0.25, -0.2) is 0 Å². The number of nitrogens with one attached hydrogen (secondary N) is 1. The number of amides is 1. The van der Waals surface area contributed by atoms with Gasteiger partial charge in [0.25, 0.3) is 0 Å². The molecular formula is C22H28N2O4S. The molecule has 156 valence electrons. The summed E-state index contributed by atoms with van der Waals surface area (Å²) in [6.07, 6.45) is 3.78. The van der Waals surface area contributed by atoms with E-state index in [1.807, 2.05) is 6.07 Å². The number of hydrogen-bond acceptors (Lipinski definition) is 6. The molecule has 1 aromatic rings. The molecule has 1 amide bonds. The fourth-order valence-electron chi connectivity index (χ4n) is 6.45. The maximum atomic E-state index is 12.3. The first-order valence-corrected chi connectivity index (χ1v) is 11.2. The Labute approximate surface area is 176 Å². The maximum absolute atomic E-state index is 12.3. The normalized spacial score (nSPS) is 34.2. The molecule has 5 unspecified atom stereocenters. The van der Waals surface area contributed by atoms with Gasteiger partial charge in [0.1, 0.15) is 18.0 Å². The molecule has 7 heteroatoms. The summed E-state index contributed by atoms with van der Waals surface area (Å²) in [5.41, 5.74) is 3.17. The lowest BCUT2D eigenvalue weighted by Crippen LogP contribution is -2.66. The van der Waals surface area contributed by atoms with Crippen molar-refractivity contribution in [3.63, 3.8) is 0 Å². The summed E-state index contributed by atoms with van der Waals surface area (Å²) in [6.45, 7) is 2.47. The van der Waals surface area contributed by atoms with E-state index < -0.39 is 0 Å². The predicted octanol–water partition coefficient (Wildman–Crippen LogP) is 2.55. The minimum absolute atomic E-state index is 0.0580. The zero-order chi connectivity index (χ0) is 20.3. The van der Waals surface area contributed by atoms with E-state index in [-0.39, 0.29) is 29.5 Å². The van der Waals surface area contributed by atoms with Crippen LogP contribution in [0.4, 0.5) is 5.69 Å². The zero-order valence-electron chi connectivity index (χ0n) is 16.9. The third-order valence-corrected chi connectivity index (χ3v) is 7.72. The van der Waals surface area contributed by atoms with Gasteiger partial charge in [-0.15, -0.1) is 0 Å². The van der Waals surface area contributed by atoms with Crippen LogP contribution in [0.5, 0.6) is 5.75 Å². The van der Waals surface area contributed by atoms with Crippen LogP contribution in [0.25, 0.3) is 0 Å². The van der Waals surface area contributed by atoms with Gasteiger partial charge in [0, 0.05) is 30.4 Å². The molecule has 2 bridgehead atoms. The van der Waals surface area contributed by atoms with E-state index in [0.29, 0.717) is 24.1 Å². The molecule has 5 atom stereocenters. The van der Waals surface area contributed by atoms with E-state index in [0.717, 1.165) is 43.7 Å². The van der Waals surface area contributed by atoms with Gasteiger partial charge >= 0.3 is 5.97 Å². The Balaban J connectivity index is 1.63. The Morgan fingerprint density at radius 3 is 2.97 bits per heavy atom. The summed E-state index contributed by atoms with van der Waals surface area (Å²) >= 11 is 4.16. The molecule has 6 nitrogen and oxygen atoms in total. The van der Waals surface area contributed by atoms with E-state index >= 15 is 0 Å². The van der Waals surface area contributed by atoms with E-state index in [1.165, 1.54) is 18.1 Å². The molecule has 5 rings (SSSR count). The summed E-state index contributed by atoms with van der Waals surface area (Å²) in [5, 5.41) is 3.02. The lowest BCUT2D eigenvalue weighted by atomic mass is 9.51. The molecule has 0 radical (unpaired) electrons. The van der Waals surface area contributed by atoms with Crippen molar-refractivity contribution in [1.29, 1.82) is 0 Å². The number of piperidine rings is 1. The Bertz CT molecular complexity index is 875. The molecule has 1 saturated carbocycles. The Hall–Kier alpha value is -1.73. The lowest BCUT2D eigenvalue weighted by molar-refractivity contribution is -0.163. The number of nitrogens with zero attached hydrogens (tertiary/aromatic N) is 1. The van der Waals surface area contributed by atoms with Gasteiger partial charge < -0.3 is 19.7 Å². The summed E-state index contributed by atoms with van der Waals surface area (Å²) in [6, 6.07) is 4.60. The standard InChI is InChI=1S/C22H28N2O4S/c1-12(25)27-17-6-4-14-16-11-13-3-5-15(23-18(26)7-10-29)20-19(13)22(14,21(17)28-20)8-9-24(16)2/h3,5,14,16-17,21,29H,4,6-11H2,1-2H3,(H,23,26). The summed E-state index contributed by atoms with van der Waals surface area (Å²) in [4.78, 5) is 26.5. The van der Waals surface area contributed by atoms with Crippen LogP contribution in [0, 0.1) is 5.92 Å². The fourth-order valence-corrected chi connectivity index (χ4v) is 6.65. The van der Waals surface area contributed by atoms with Crippen molar-refractivity contribution in [2.75, 3.05) is 24.7 Å². The molecule has 29 heavy (non-hydrogen) atoms. The monoisotopic (exact) mass is 416 g/mol. The number of rotatable bonds is 4. The van der Waals surface area contributed by atoms with E-state index in [9.17, 15) is 9.59 Å². The van der Waals surface area contributed by atoms with Crippen LogP contribution in [-0.4, -0.2) is 54.4 Å². The second-order valence-electron chi connectivity index (χ2n) is 8.91. The van der Waals surface area contributed by atoms with Crippen LogP contribution < -0.4 is 10.1 Å². The van der Waals surface area contributed by atoms with Gasteiger partial charge in [-0.3, -0.25) is 9.59 Å². The van der Waals surface area contributed by atoms with Gasteiger partial charge in [-0.1, -0.05) is 6.07 Å². The highest BCUT2D eigenvalue weighted by molar-refractivity contribution is 7.80. The van der Waals surface area contributed by atoms with Gasteiger partial charge in [0.2, 0.25) is 5.91 Å². The molecular weight excluding hydrogens is 388 g/mol. The molecule has 1 N–H and O–H groups in total. The maximum Gasteiger partial charge on any atom is 0.303 e. The van der Waals surface area contributed by atoms with Crippen molar-refractivity contribution < 1.29 is 19.1 Å². The number of ether oxygens (including phenoxy) is 2. The van der Waals surface area contributed by atoms with Crippen LogP contribution in [0.2, 0.25) is 0 Å². The highest BCUT2D eigenvalue weighted by atomic mass is 32.1. The van der Waals surface area contributed by atoms with Crippen molar-refractivity contribution in [3.8, 4) is 5.75 Å². The first-order chi connectivity index (χ1) is 14.0. The number of benzene rings is 1. The molecule has 1 aromatic carbocycles. The molecule has 2 aliphatic heterocycles. The molecule has 0 aromatic heterocycles. The Morgan fingerprint density at radius 2 is 2.21 bits per heavy atom. The quantitative estimate of drug-likeness (QED) is 0.583. The highest BCUT2D eigenvalue weighted by Crippen LogP contribution is 2.63. The summed E-state index contributed by atoms with van der Waals surface area (Å²) in [7, 11) is 2.22. The van der Waals surface area contributed by atoms with Crippen LogP contribution in [-0.2, 0) is 26.2 Å². The van der Waals surface area contributed by atoms with Crippen LogP contribution in [0.1, 0.15) is 43.7 Å². The second kappa shape index (κ2) is 6.91. The number of carbonyl (C=O) groups excluding carboxylic acids is 2. The number of thiol groups is 1. The van der Waals surface area contributed by atoms with Crippen molar-refractivity contribution in [2.45, 2.75) is 62.7 Å². The SMILES string of the molecule is CC(=O)OC1CCC2C3Cc4ccc(NC(=O)CCS)c5c4C2(CCN3C)C1O5. The first kappa shape index (κ1) is 19.2. The third kappa shape index (κ3) is 2.73. The minimum Gasteiger partial charge on any atom is -0.483 e. The summed E-state index contributed by atoms with van der Waals surface area (Å²) < 4.78 is 12.4. The Morgan fingerprint density at radius 1 is 1.38 bits per heavy atom. The first-order valence-electron chi connectivity index (χ1n) is 10.6. The zero-order valence-corrected chi connectivity index (χ0v) is 17.8. The van der Waals surface area contributed by atoms with Crippen molar-refractivity contribution in [2.24, 2.45) is 5.92 Å². The topological polar surface area (TPSA) is 67.9 Å². The number of likely N-dealkylation sites (tertiary alicyclic amines) is 1. The van der Waals surface area contributed by atoms with Crippen LogP contribution >= 0.6 is 12.6 Å². The molecule has 2 fully saturated rings. The fraction of sp³-hybridized carbons (Fsp3) is 0.636. The lowest BCUT2D eigenvalue weighted by Gasteiger charge is -2.58. The Kier molecular flexibility index (Phi) is 4.59. The van der Waals surface area contributed by atoms with Crippen molar-refractivity contribution >= 4 is 30.2 Å².